The topological polar surface area (TPSA) is 58.6 Å². The van der Waals surface area contributed by atoms with Crippen LogP contribution in [-0.4, -0.2) is 43.0 Å². The fraction of sp³-hybridized carbons (Fsp3) is 0.529. The van der Waals surface area contributed by atoms with Gasteiger partial charge in [-0.15, -0.1) is 0 Å². The molecule has 0 saturated carbocycles. The summed E-state index contributed by atoms with van der Waals surface area (Å²) in [7, 11) is 1.35. The van der Waals surface area contributed by atoms with E-state index in [9.17, 15) is 9.59 Å². The normalized spacial score (nSPS) is 16.8. The van der Waals surface area contributed by atoms with Gasteiger partial charge in [0.15, 0.2) is 0 Å². The minimum absolute atomic E-state index is 0.00360. The number of anilines is 1. The molecule has 1 aliphatic heterocycles. The number of methoxy groups -OCH3 is 1. The Morgan fingerprint density at radius 1 is 1.18 bits per heavy atom. The second-order valence-corrected chi connectivity index (χ2v) is 5.77. The van der Waals surface area contributed by atoms with Gasteiger partial charge in [0.2, 0.25) is 5.91 Å². The Hall–Kier alpha value is -1.88. The molecular formula is C17H24N2O3. The maximum atomic E-state index is 12.1. The summed E-state index contributed by atoms with van der Waals surface area (Å²) in [6, 6.07) is 6.99. The van der Waals surface area contributed by atoms with E-state index in [1.165, 1.54) is 26.4 Å². The number of piperidine rings is 1. The van der Waals surface area contributed by atoms with E-state index in [0.29, 0.717) is 17.7 Å². The summed E-state index contributed by atoms with van der Waals surface area (Å²) >= 11 is 0. The summed E-state index contributed by atoms with van der Waals surface area (Å²) in [4.78, 5) is 25.8. The third kappa shape index (κ3) is 4.56. The van der Waals surface area contributed by atoms with E-state index >= 15 is 0 Å². The van der Waals surface area contributed by atoms with Crippen LogP contribution in [0.1, 0.15) is 43.0 Å². The van der Waals surface area contributed by atoms with Crippen molar-refractivity contribution < 1.29 is 14.3 Å². The van der Waals surface area contributed by atoms with Gasteiger partial charge in [-0.1, -0.05) is 6.42 Å². The molecule has 0 aliphatic carbocycles. The molecule has 0 spiro atoms. The number of benzene rings is 1. The number of ether oxygens (including phenoxy) is 1. The van der Waals surface area contributed by atoms with E-state index in [1.54, 1.807) is 24.3 Å². The number of likely N-dealkylation sites (tertiary alicyclic amines) is 1. The number of hydrogen-bond donors (Lipinski definition) is 1. The van der Waals surface area contributed by atoms with Crippen LogP contribution in [0.25, 0.3) is 0 Å². The molecule has 0 aromatic heterocycles. The molecule has 22 heavy (non-hydrogen) atoms. The highest BCUT2D eigenvalue weighted by molar-refractivity contribution is 5.93. The van der Waals surface area contributed by atoms with E-state index in [1.807, 2.05) is 0 Å². The third-order valence-electron chi connectivity index (χ3n) is 4.08. The SMILES string of the molecule is COC(=O)c1ccc(NC(=O)CC(C)N2CCCCC2)cc1. The molecule has 2 rings (SSSR count). The number of nitrogens with zero attached hydrogens (tertiary/aromatic N) is 1. The minimum Gasteiger partial charge on any atom is -0.465 e. The van der Waals surface area contributed by atoms with Gasteiger partial charge in [0.05, 0.1) is 12.7 Å². The number of hydrogen-bond acceptors (Lipinski definition) is 4. The van der Waals surface area contributed by atoms with Crippen LogP contribution in [0.2, 0.25) is 0 Å². The van der Waals surface area contributed by atoms with Gasteiger partial charge in [-0.3, -0.25) is 4.79 Å². The molecular weight excluding hydrogens is 280 g/mol. The van der Waals surface area contributed by atoms with Gasteiger partial charge in [-0.25, -0.2) is 4.79 Å². The van der Waals surface area contributed by atoms with Crippen molar-refractivity contribution in [1.82, 2.24) is 4.90 Å². The summed E-state index contributed by atoms with van der Waals surface area (Å²) in [6.07, 6.45) is 4.22. The predicted octanol–water partition coefficient (Wildman–Crippen LogP) is 2.68. The van der Waals surface area contributed by atoms with E-state index in [4.69, 9.17) is 0 Å². The lowest BCUT2D eigenvalue weighted by molar-refractivity contribution is -0.117. The largest absolute Gasteiger partial charge is 0.465 e. The molecule has 1 atom stereocenters. The van der Waals surface area contributed by atoms with Crippen molar-refractivity contribution in [2.75, 3.05) is 25.5 Å². The molecule has 1 N–H and O–H groups in total. The molecule has 5 nitrogen and oxygen atoms in total. The lowest BCUT2D eigenvalue weighted by Crippen LogP contribution is -2.39. The highest BCUT2D eigenvalue weighted by atomic mass is 16.5. The Bertz CT molecular complexity index is 507. The summed E-state index contributed by atoms with van der Waals surface area (Å²) in [6.45, 7) is 4.27. The Balaban J connectivity index is 1.84. The standard InChI is InChI=1S/C17H24N2O3/c1-13(19-10-4-3-5-11-19)12-16(20)18-15-8-6-14(7-9-15)17(21)22-2/h6-9,13H,3-5,10-12H2,1-2H3,(H,18,20). The first-order valence-electron chi connectivity index (χ1n) is 7.82. The van der Waals surface area contributed by atoms with Crippen molar-refractivity contribution in [3.8, 4) is 0 Å². The van der Waals surface area contributed by atoms with Gasteiger partial charge < -0.3 is 15.0 Å². The van der Waals surface area contributed by atoms with Crippen LogP contribution >= 0.6 is 0 Å². The number of esters is 1. The van der Waals surface area contributed by atoms with Gasteiger partial charge >= 0.3 is 5.97 Å². The highest BCUT2D eigenvalue weighted by Crippen LogP contribution is 2.15. The van der Waals surface area contributed by atoms with Crippen molar-refractivity contribution in [1.29, 1.82) is 0 Å². The zero-order chi connectivity index (χ0) is 15.9. The lowest BCUT2D eigenvalue weighted by Gasteiger charge is -2.31. The molecule has 1 aliphatic rings. The molecule has 1 saturated heterocycles. The van der Waals surface area contributed by atoms with Crippen LogP contribution in [-0.2, 0) is 9.53 Å². The van der Waals surface area contributed by atoms with Gasteiger partial charge in [-0.05, 0) is 57.1 Å². The van der Waals surface area contributed by atoms with Crippen LogP contribution < -0.4 is 5.32 Å². The number of rotatable bonds is 5. The van der Waals surface area contributed by atoms with E-state index in [0.717, 1.165) is 13.1 Å². The first-order chi connectivity index (χ1) is 10.6. The zero-order valence-electron chi connectivity index (χ0n) is 13.3. The Morgan fingerprint density at radius 2 is 1.82 bits per heavy atom. The van der Waals surface area contributed by atoms with Crippen LogP contribution in [0, 0.1) is 0 Å². The Kier molecular flexibility index (Phi) is 5.95. The van der Waals surface area contributed by atoms with Gasteiger partial charge in [0.1, 0.15) is 0 Å². The second kappa shape index (κ2) is 7.94. The Morgan fingerprint density at radius 3 is 2.41 bits per heavy atom. The number of carbonyl (C=O) groups is 2. The molecule has 1 unspecified atom stereocenters. The Labute approximate surface area is 131 Å². The summed E-state index contributed by atoms with van der Waals surface area (Å²) in [5, 5.41) is 2.88. The maximum absolute atomic E-state index is 12.1. The zero-order valence-corrected chi connectivity index (χ0v) is 13.3. The van der Waals surface area contributed by atoms with E-state index in [2.05, 4.69) is 21.9 Å². The molecule has 0 radical (unpaired) electrons. The number of amides is 1. The molecule has 1 amide bonds. The van der Waals surface area contributed by atoms with Crippen LogP contribution in [0.5, 0.6) is 0 Å². The van der Waals surface area contributed by atoms with Gasteiger partial charge in [-0.2, -0.15) is 0 Å². The smallest absolute Gasteiger partial charge is 0.337 e. The van der Waals surface area contributed by atoms with Gasteiger partial charge in [0, 0.05) is 18.2 Å². The highest BCUT2D eigenvalue weighted by Gasteiger charge is 2.19. The molecule has 5 heteroatoms. The van der Waals surface area contributed by atoms with Gasteiger partial charge in [0.25, 0.3) is 0 Å². The maximum Gasteiger partial charge on any atom is 0.337 e. The molecule has 1 aromatic rings. The van der Waals surface area contributed by atoms with Crippen LogP contribution in [0.15, 0.2) is 24.3 Å². The number of carbonyl (C=O) groups excluding carboxylic acids is 2. The third-order valence-corrected chi connectivity index (χ3v) is 4.08. The first kappa shape index (κ1) is 16.5. The van der Waals surface area contributed by atoms with Crippen molar-refractivity contribution in [3.05, 3.63) is 29.8 Å². The van der Waals surface area contributed by atoms with E-state index < -0.39 is 0 Å². The van der Waals surface area contributed by atoms with Crippen LogP contribution in [0.4, 0.5) is 5.69 Å². The van der Waals surface area contributed by atoms with E-state index in [-0.39, 0.29) is 17.9 Å². The minimum atomic E-state index is -0.378. The summed E-state index contributed by atoms with van der Waals surface area (Å²) in [5.74, 6) is -0.375. The molecule has 0 bridgehead atoms. The summed E-state index contributed by atoms with van der Waals surface area (Å²) in [5.41, 5.74) is 1.17. The summed E-state index contributed by atoms with van der Waals surface area (Å²) < 4.78 is 4.65. The van der Waals surface area contributed by atoms with Crippen LogP contribution in [0.3, 0.4) is 0 Å². The monoisotopic (exact) mass is 304 g/mol. The fourth-order valence-electron chi connectivity index (χ4n) is 2.78. The molecule has 1 heterocycles. The predicted molar refractivity (Wildman–Crippen MR) is 85.9 cm³/mol. The molecule has 1 fully saturated rings. The van der Waals surface area contributed by atoms with Crippen molar-refractivity contribution in [3.63, 3.8) is 0 Å². The second-order valence-electron chi connectivity index (χ2n) is 5.77. The average molecular weight is 304 g/mol. The average Bonchev–Trinajstić information content (AvgIpc) is 2.55. The fourth-order valence-corrected chi connectivity index (χ4v) is 2.78. The molecule has 120 valence electrons. The molecule has 1 aromatic carbocycles. The first-order valence-corrected chi connectivity index (χ1v) is 7.82. The van der Waals surface area contributed by atoms with Crippen molar-refractivity contribution in [2.45, 2.75) is 38.6 Å². The number of nitrogens with one attached hydrogen (secondary N) is 1. The van der Waals surface area contributed by atoms with Crippen molar-refractivity contribution >= 4 is 17.6 Å². The van der Waals surface area contributed by atoms with Crippen molar-refractivity contribution in [2.24, 2.45) is 0 Å². The quantitative estimate of drug-likeness (QED) is 0.850. The lowest BCUT2D eigenvalue weighted by atomic mass is 10.1.